The van der Waals surface area contributed by atoms with E-state index in [1.54, 1.807) is 0 Å². The number of piperidine rings is 1. The number of hydrogen-bond acceptors (Lipinski definition) is 4. The third-order valence-electron chi connectivity index (χ3n) is 3.32. The average molecular weight is 230 g/mol. The summed E-state index contributed by atoms with van der Waals surface area (Å²) in [5, 5.41) is 17.5. The van der Waals surface area contributed by atoms with Crippen molar-refractivity contribution < 1.29 is 15.0 Å². The molecule has 0 spiro atoms. The molecule has 0 amide bonds. The SMILES string of the molecule is N[C@H](CCN1CCC(CCO)CC1)C(=O)O. The fourth-order valence-corrected chi connectivity index (χ4v) is 2.13. The second kappa shape index (κ2) is 6.83. The fraction of sp³-hybridized carbons (Fsp3) is 0.909. The van der Waals surface area contributed by atoms with Crippen molar-refractivity contribution in [3.63, 3.8) is 0 Å². The van der Waals surface area contributed by atoms with Gasteiger partial charge in [0.25, 0.3) is 0 Å². The first kappa shape index (κ1) is 13.4. The van der Waals surface area contributed by atoms with Crippen LogP contribution in [-0.4, -0.2) is 53.4 Å². The molecule has 94 valence electrons. The van der Waals surface area contributed by atoms with Crippen molar-refractivity contribution in [2.45, 2.75) is 31.7 Å². The molecular weight excluding hydrogens is 208 g/mol. The molecule has 0 radical (unpaired) electrons. The maximum atomic E-state index is 10.5. The number of rotatable bonds is 6. The first-order valence-electron chi connectivity index (χ1n) is 5.95. The van der Waals surface area contributed by atoms with Crippen LogP contribution in [-0.2, 0) is 4.79 Å². The Balaban J connectivity index is 2.14. The Hall–Kier alpha value is -0.650. The van der Waals surface area contributed by atoms with E-state index < -0.39 is 12.0 Å². The number of carboxylic acid groups (broad SMARTS) is 1. The molecule has 0 aromatic rings. The lowest BCUT2D eigenvalue weighted by Gasteiger charge is -2.31. The Labute approximate surface area is 96.2 Å². The Bertz CT molecular complexity index is 215. The second-order valence-electron chi connectivity index (χ2n) is 4.53. The van der Waals surface area contributed by atoms with E-state index in [-0.39, 0.29) is 6.61 Å². The van der Waals surface area contributed by atoms with Crippen molar-refractivity contribution in [2.75, 3.05) is 26.2 Å². The van der Waals surface area contributed by atoms with Gasteiger partial charge >= 0.3 is 5.97 Å². The predicted octanol–water partition coefficient (Wildman–Crippen LogP) is -0.117. The minimum absolute atomic E-state index is 0.272. The highest BCUT2D eigenvalue weighted by Crippen LogP contribution is 2.20. The molecule has 0 unspecified atom stereocenters. The molecule has 5 heteroatoms. The van der Waals surface area contributed by atoms with E-state index in [9.17, 15) is 4.79 Å². The Kier molecular flexibility index (Phi) is 5.73. The molecule has 1 aliphatic rings. The summed E-state index contributed by atoms with van der Waals surface area (Å²) in [5.74, 6) is -0.287. The van der Waals surface area contributed by atoms with E-state index in [0.29, 0.717) is 12.3 Å². The van der Waals surface area contributed by atoms with Crippen LogP contribution >= 0.6 is 0 Å². The van der Waals surface area contributed by atoms with Crippen LogP contribution in [0.2, 0.25) is 0 Å². The topological polar surface area (TPSA) is 86.8 Å². The molecule has 0 saturated carbocycles. The molecule has 16 heavy (non-hydrogen) atoms. The number of nitrogens with two attached hydrogens (primary N) is 1. The number of nitrogens with zero attached hydrogens (tertiary/aromatic N) is 1. The molecule has 1 aliphatic heterocycles. The van der Waals surface area contributed by atoms with Crippen molar-refractivity contribution in [2.24, 2.45) is 11.7 Å². The molecule has 5 nitrogen and oxygen atoms in total. The van der Waals surface area contributed by atoms with Crippen molar-refractivity contribution in [1.82, 2.24) is 4.90 Å². The van der Waals surface area contributed by atoms with Crippen LogP contribution in [0.1, 0.15) is 25.7 Å². The third kappa shape index (κ3) is 4.47. The number of aliphatic hydroxyl groups is 1. The normalized spacial score (nSPS) is 20.9. The maximum Gasteiger partial charge on any atom is 0.320 e. The average Bonchev–Trinajstić information content (AvgIpc) is 2.28. The van der Waals surface area contributed by atoms with E-state index in [0.717, 1.165) is 38.9 Å². The molecule has 1 fully saturated rings. The zero-order chi connectivity index (χ0) is 12.0. The zero-order valence-corrected chi connectivity index (χ0v) is 9.64. The Morgan fingerprint density at radius 1 is 1.44 bits per heavy atom. The first-order chi connectivity index (χ1) is 7.63. The lowest BCUT2D eigenvalue weighted by molar-refractivity contribution is -0.138. The minimum atomic E-state index is -0.921. The van der Waals surface area contributed by atoms with Crippen LogP contribution in [0.25, 0.3) is 0 Å². The largest absolute Gasteiger partial charge is 0.480 e. The van der Waals surface area contributed by atoms with Crippen LogP contribution in [0.3, 0.4) is 0 Å². The third-order valence-corrected chi connectivity index (χ3v) is 3.32. The van der Waals surface area contributed by atoms with Gasteiger partial charge in [-0.2, -0.15) is 0 Å². The molecular formula is C11H22N2O3. The lowest BCUT2D eigenvalue weighted by atomic mass is 9.94. The highest BCUT2D eigenvalue weighted by molar-refractivity contribution is 5.72. The van der Waals surface area contributed by atoms with Crippen molar-refractivity contribution in [3.05, 3.63) is 0 Å². The van der Waals surface area contributed by atoms with Gasteiger partial charge in [-0.05, 0) is 44.7 Å². The van der Waals surface area contributed by atoms with E-state index >= 15 is 0 Å². The van der Waals surface area contributed by atoms with Gasteiger partial charge in [0.15, 0.2) is 0 Å². The number of hydrogen-bond donors (Lipinski definition) is 3. The van der Waals surface area contributed by atoms with Crippen molar-refractivity contribution in [1.29, 1.82) is 0 Å². The summed E-state index contributed by atoms with van der Waals surface area (Å²) >= 11 is 0. The molecule has 4 N–H and O–H groups in total. The number of carboxylic acids is 1. The summed E-state index contributed by atoms with van der Waals surface area (Å²) in [6, 6.07) is -0.741. The summed E-state index contributed by atoms with van der Waals surface area (Å²) in [6.07, 6.45) is 3.61. The van der Waals surface area contributed by atoms with Gasteiger partial charge in [0, 0.05) is 13.2 Å². The Morgan fingerprint density at radius 2 is 2.06 bits per heavy atom. The van der Waals surface area contributed by atoms with Crippen LogP contribution in [0, 0.1) is 5.92 Å². The molecule has 1 atom stereocenters. The van der Waals surface area contributed by atoms with Crippen molar-refractivity contribution >= 4 is 5.97 Å². The van der Waals surface area contributed by atoms with Crippen LogP contribution in [0.4, 0.5) is 0 Å². The number of likely N-dealkylation sites (tertiary alicyclic amines) is 1. The highest BCUT2D eigenvalue weighted by Gasteiger charge is 2.20. The summed E-state index contributed by atoms with van der Waals surface area (Å²) in [5.41, 5.74) is 5.45. The Morgan fingerprint density at radius 3 is 2.56 bits per heavy atom. The monoisotopic (exact) mass is 230 g/mol. The van der Waals surface area contributed by atoms with Gasteiger partial charge in [0.05, 0.1) is 0 Å². The molecule has 0 aromatic heterocycles. The second-order valence-corrected chi connectivity index (χ2v) is 4.53. The zero-order valence-electron chi connectivity index (χ0n) is 9.64. The predicted molar refractivity (Wildman–Crippen MR) is 61.1 cm³/mol. The fourth-order valence-electron chi connectivity index (χ4n) is 2.13. The van der Waals surface area contributed by atoms with E-state index in [1.165, 1.54) is 0 Å². The molecule has 0 aliphatic carbocycles. The van der Waals surface area contributed by atoms with Gasteiger partial charge in [-0.15, -0.1) is 0 Å². The number of aliphatic carboxylic acids is 1. The smallest absolute Gasteiger partial charge is 0.320 e. The quantitative estimate of drug-likeness (QED) is 0.592. The molecule has 1 rings (SSSR count). The number of carbonyl (C=O) groups is 1. The van der Waals surface area contributed by atoms with Crippen LogP contribution < -0.4 is 5.73 Å². The van der Waals surface area contributed by atoms with Gasteiger partial charge in [-0.25, -0.2) is 0 Å². The maximum absolute atomic E-state index is 10.5. The summed E-state index contributed by atoms with van der Waals surface area (Å²) in [6.45, 7) is 3.03. The standard InChI is InChI=1S/C11H22N2O3/c12-10(11(15)16)3-7-13-5-1-9(2-6-13)4-8-14/h9-10,14H,1-8,12H2,(H,15,16)/t10-/m1/s1. The lowest BCUT2D eigenvalue weighted by Crippen LogP contribution is -2.39. The highest BCUT2D eigenvalue weighted by atomic mass is 16.4. The first-order valence-corrected chi connectivity index (χ1v) is 5.95. The van der Waals surface area contributed by atoms with E-state index in [4.69, 9.17) is 15.9 Å². The van der Waals surface area contributed by atoms with Gasteiger partial charge in [-0.3, -0.25) is 4.79 Å². The van der Waals surface area contributed by atoms with Crippen LogP contribution in [0.15, 0.2) is 0 Å². The molecule has 0 bridgehead atoms. The van der Waals surface area contributed by atoms with Gasteiger partial charge in [0.1, 0.15) is 6.04 Å². The summed E-state index contributed by atoms with van der Waals surface area (Å²) < 4.78 is 0. The van der Waals surface area contributed by atoms with Crippen molar-refractivity contribution in [3.8, 4) is 0 Å². The number of aliphatic hydroxyl groups excluding tert-OH is 1. The summed E-state index contributed by atoms with van der Waals surface area (Å²) in [4.78, 5) is 12.8. The minimum Gasteiger partial charge on any atom is -0.480 e. The molecule has 1 saturated heterocycles. The van der Waals surface area contributed by atoms with Gasteiger partial charge in [-0.1, -0.05) is 0 Å². The summed E-state index contributed by atoms with van der Waals surface area (Å²) in [7, 11) is 0. The van der Waals surface area contributed by atoms with Gasteiger partial charge < -0.3 is 20.8 Å². The van der Waals surface area contributed by atoms with E-state index in [2.05, 4.69) is 4.90 Å². The van der Waals surface area contributed by atoms with Crippen LogP contribution in [0.5, 0.6) is 0 Å². The molecule has 1 heterocycles. The van der Waals surface area contributed by atoms with Gasteiger partial charge in [0.2, 0.25) is 0 Å². The molecule has 0 aromatic carbocycles. The van der Waals surface area contributed by atoms with E-state index in [1.807, 2.05) is 0 Å².